The summed E-state index contributed by atoms with van der Waals surface area (Å²) in [6.45, 7) is 7.43. The van der Waals surface area contributed by atoms with Crippen molar-refractivity contribution < 1.29 is 5.11 Å². The van der Waals surface area contributed by atoms with Crippen molar-refractivity contribution in [1.82, 2.24) is 24.5 Å². The van der Waals surface area contributed by atoms with Crippen molar-refractivity contribution in [3.05, 3.63) is 30.1 Å². The van der Waals surface area contributed by atoms with Gasteiger partial charge in [0.1, 0.15) is 18.7 Å². The molecule has 2 heterocycles. The maximum absolute atomic E-state index is 9.45. The lowest BCUT2D eigenvalue weighted by Crippen LogP contribution is -2.13. The lowest BCUT2D eigenvalue weighted by molar-refractivity contribution is 0.199. The number of hydrogen-bond acceptors (Lipinski definition) is 4. The van der Waals surface area contributed by atoms with Gasteiger partial charge in [-0.2, -0.15) is 10.2 Å². The minimum atomic E-state index is -0.493. The Labute approximate surface area is 106 Å². The molecule has 98 valence electrons. The zero-order valence-corrected chi connectivity index (χ0v) is 11.0. The molecular formula is C12H19N5O. The van der Waals surface area contributed by atoms with Crippen LogP contribution in [0.15, 0.2) is 18.7 Å². The summed E-state index contributed by atoms with van der Waals surface area (Å²) < 4.78 is 3.66. The highest BCUT2D eigenvalue weighted by Gasteiger charge is 2.09. The van der Waals surface area contributed by atoms with Crippen molar-refractivity contribution in [2.45, 2.75) is 40.0 Å². The van der Waals surface area contributed by atoms with E-state index in [1.54, 1.807) is 24.1 Å². The molecule has 0 saturated carbocycles. The quantitative estimate of drug-likeness (QED) is 0.865. The molecule has 1 atom stereocenters. The van der Waals surface area contributed by atoms with Crippen LogP contribution in [0.5, 0.6) is 0 Å². The highest BCUT2D eigenvalue weighted by Crippen LogP contribution is 2.11. The second-order valence-electron chi connectivity index (χ2n) is 4.90. The van der Waals surface area contributed by atoms with Gasteiger partial charge in [-0.1, -0.05) is 13.8 Å². The maximum atomic E-state index is 9.45. The molecule has 0 aliphatic rings. The van der Waals surface area contributed by atoms with Crippen molar-refractivity contribution in [2.24, 2.45) is 5.92 Å². The fourth-order valence-electron chi connectivity index (χ4n) is 1.74. The molecule has 0 radical (unpaired) electrons. The fourth-order valence-corrected chi connectivity index (χ4v) is 1.74. The summed E-state index contributed by atoms with van der Waals surface area (Å²) in [4.78, 5) is 4.25. The number of aliphatic hydroxyl groups excluding tert-OH is 1. The van der Waals surface area contributed by atoms with E-state index >= 15 is 0 Å². The first-order valence-corrected chi connectivity index (χ1v) is 6.13. The van der Waals surface area contributed by atoms with Crippen molar-refractivity contribution in [1.29, 1.82) is 0 Å². The molecule has 0 aliphatic carbocycles. The van der Waals surface area contributed by atoms with E-state index in [4.69, 9.17) is 0 Å². The van der Waals surface area contributed by atoms with Crippen LogP contribution in [0.4, 0.5) is 0 Å². The topological polar surface area (TPSA) is 68.8 Å². The van der Waals surface area contributed by atoms with E-state index in [0.717, 1.165) is 17.9 Å². The standard InChI is InChI=1S/C12H19N5O/c1-9(2)5-17-12(13-8-15-17)7-16-6-11(4-14-16)10(3)18/h4,6,8-10,18H,5,7H2,1-3H3. The van der Waals surface area contributed by atoms with Crippen molar-refractivity contribution in [3.63, 3.8) is 0 Å². The van der Waals surface area contributed by atoms with Crippen LogP contribution in [0.3, 0.4) is 0 Å². The summed E-state index contributed by atoms with van der Waals surface area (Å²) >= 11 is 0. The summed E-state index contributed by atoms with van der Waals surface area (Å²) in [5, 5.41) is 17.9. The smallest absolute Gasteiger partial charge is 0.148 e. The second kappa shape index (κ2) is 5.30. The Morgan fingerprint density at radius 3 is 2.67 bits per heavy atom. The lowest BCUT2D eigenvalue weighted by atomic mass is 10.2. The first-order valence-electron chi connectivity index (χ1n) is 6.13. The number of hydrogen-bond donors (Lipinski definition) is 1. The van der Waals surface area contributed by atoms with Gasteiger partial charge in [0, 0.05) is 18.3 Å². The molecule has 0 aliphatic heterocycles. The van der Waals surface area contributed by atoms with Crippen LogP contribution in [-0.2, 0) is 13.1 Å². The number of aliphatic hydroxyl groups is 1. The van der Waals surface area contributed by atoms with Gasteiger partial charge in [0.15, 0.2) is 0 Å². The predicted octanol–water partition coefficient (Wildman–Crippen LogP) is 1.23. The highest BCUT2D eigenvalue weighted by atomic mass is 16.3. The molecule has 0 aromatic carbocycles. The van der Waals surface area contributed by atoms with Crippen molar-refractivity contribution >= 4 is 0 Å². The molecule has 18 heavy (non-hydrogen) atoms. The molecule has 1 N–H and O–H groups in total. The summed E-state index contributed by atoms with van der Waals surface area (Å²) in [6, 6.07) is 0. The van der Waals surface area contributed by atoms with Crippen LogP contribution in [-0.4, -0.2) is 29.7 Å². The molecule has 2 rings (SSSR count). The number of nitrogens with zero attached hydrogens (tertiary/aromatic N) is 5. The van der Waals surface area contributed by atoms with Gasteiger partial charge in [-0.25, -0.2) is 9.67 Å². The Balaban J connectivity index is 2.10. The first kappa shape index (κ1) is 12.8. The molecule has 0 bridgehead atoms. The predicted molar refractivity (Wildman–Crippen MR) is 66.8 cm³/mol. The molecule has 1 unspecified atom stereocenters. The van der Waals surface area contributed by atoms with Gasteiger partial charge in [-0.15, -0.1) is 0 Å². The molecule has 0 amide bonds. The van der Waals surface area contributed by atoms with Gasteiger partial charge >= 0.3 is 0 Å². The van der Waals surface area contributed by atoms with E-state index in [0.29, 0.717) is 12.5 Å². The van der Waals surface area contributed by atoms with Gasteiger partial charge in [-0.3, -0.25) is 4.68 Å². The van der Waals surface area contributed by atoms with Gasteiger partial charge in [0.2, 0.25) is 0 Å². The Hall–Kier alpha value is -1.69. The number of aromatic nitrogens is 5. The molecular weight excluding hydrogens is 230 g/mol. The van der Waals surface area contributed by atoms with E-state index < -0.39 is 6.10 Å². The zero-order chi connectivity index (χ0) is 13.1. The number of rotatable bonds is 5. The van der Waals surface area contributed by atoms with E-state index in [1.165, 1.54) is 0 Å². The van der Waals surface area contributed by atoms with Crippen LogP contribution in [0, 0.1) is 5.92 Å². The van der Waals surface area contributed by atoms with Crippen molar-refractivity contribution in [3.8, 4) is 0 Å². The van der Waals surface area contributed by atoms with Gasteiger partial charge in [-0.05, 0) is 12.8 Å². The Bertz CT molecular complexity index is 500. The lowest BCUT2D eigenvalue weighted by Gasteiger charge is -2.08. The van der Waals surface area contributed by atoms with Gasteiger partial charge in [0.05, 0.1) is 12.3 Å². The van der Waals surface area contributed by atoms with Crippen LogP contribution < -0.4 is 0 Å². The molecule has 2 aromatic heterocycles. The van der Waals surface area contributed by atoms with Crippen LogP contribution in [0.2, 0.25) is 0 Å². The average Bonchev–Trinajstić information content (AvgIpc) is 2.89. The second-order valence-corrected chi connectivity index (χ2v) is 4.90. The average molecular weight is 249 g/mol. The normalized spacial score (nSPS) is 13.2. The largest absolute Gasteiger partial charge is 0.389 e. The third-order valence-corrected chi connectivity index (χ3v) is 2.67. The van der Waals surface area contributed by atoms with Crippen molar-refractivity contribution in [2.75, 3.05) is 0 Å². The first-order chi connectivity index (χ1) is 8.56. The Morgan fingerprint density at radius 1 is 1.28 bits per heavy atom. The summed E-state index contributed by atoms with van der Waals surface area (Å²) in [5.74, 6) is 1.40. The Morgan fingerprint density at radius 2 is 2.06 bits per heavy atom. The van der Waals surface area contributed by atoms with Crippen LogP contribution >= 0.6 is 0 Å². The maximum Gasteiger partial charge on any atom is 0.148 e. The highest BCUT2D eigenvalue weighted by molar-refractivity contribution is 5.07. The molecule has 0 fully saturated rings. The van der Waals surface area contributed by atoms with E-state index in [-0.39, 0.29) is 0 Å². The molecule has 2 aromatic rings. The van der Waals surface area contributed by atoms with Gasteiger partial charge in [0.25, 0.3) is 0 Å². The van der Waals surface area contributed by atoms with Crippen LogP contribution in [0.1, 0.15) is 38.3 Å². The molecule has 6 heteroatoms. The van der Waals surface area contributed by atoms with Gasteiger partial charge < -0.3 is 5.11 Å². The van der Waals surface area contributed by atoms with E-state index in [9.17, 15) is 5.11 Å². The van der Waals surface area contributed by atoms with E-state index in [2.05, 4.69) is 29.0 Å². The minimum absolute atomic E-state index is 0.493. The van der Waals surface area contributed by atoms with Crippen LogP contribution in [0.25, 0.3) is 0 Å². The molecule has 0 saturated heterocycles. The Kier molecular flexibility index (Phi) is 3.76. The molecule has 0 spiro atoms. The summed E-state index contributed by atoms with van der Waals surface area (Å²) in [7, 11) is 0. The molecule has 6 nitrogen and oxygen atoms in total. The van der Waals surface area contributed by atoms with E-state index in [1.807, 2.05) is 10.9 Å². The summed E-state index contributed by atoms with van der Waals surface area (Å²) in [5.41, 5.74) is 0.810. The third-order valence-electron chi connectivity index (χ3n) is 2.67. The fraction of sp³-hybridized carbons (Fsp3) is 0.583. The minimum Gasteiger partial charge on any atom is -0.389 e. The zero-order valence-electron chi connectivity index (χ0n) is 11.0. The third kappa shape index (κ3) is 2.95. The SMILES string of the molecule is CC(C)Cn1ncnc1Cn1cc(C(C)O)cn1. The monoisotopic (exact) mass is 249 g/mol. The summed E-state index contributed by atoms with van der Waals surface area (Å²) in [6.07, 6.45) is 4.58.